The SMILES string of the molecule is CNC(=O)[C@H](C)N(Cc1cccc(Br)c1)C(=O)CCCN(c1ccc(F)c(F)c1)S(C)(=O)=O. The molecule has 2 amide bonds. The van der Waals surface area contributed by atoms with Crippen LogP contribution >= 0.6 is 15.9 Å². The number of rotatable bonds is 10. The molecule has 2 rings (SSSR count). The van der Waals surface area contributed by atoms with Crippen LogP contribution in [0.25, 0.3) is 0 Å². The van der Waals surface area contributed by atoms with Gasteiger partial charge >= 0.3 is 0 Å². The van der Waals surface area contributed by atoms with Crippen molar-refractivity contribution < 1.29 is 26.8 Å². The lowest BCUT2D eigenvalue weighted by atomic mass is 10.1. The summed E-state index contributed by atoms with van der Waals surface area (Å²) in [6.07, 6.45) is 1.01. The zero-order valence-corrected chi connectivity index (χ0v) is 20.9. The van der Waals surface area contributed by atoms with Crippen molar-refractivity contribution in [2.45, 2.75) is 32.4 Å². The third-order valence-corrected chi connectivity index (χ3v) is 6.69. The number of anilines is 1. The molecular formula is C22H26BrF2N3O4S. The van der Waals surface area contributed by atoms with Crippen molar-refractivity contribution in [3.8, 4) is 0 Å². The maximum Gasteiger partial charge on any atom is 0.242 e. The first-order valence-electron chi connectivity index (χ1n) is 10.1. The van der Waals surface area contributed by atoms with Crippen LogP contribution in [0.15, 0.2) is 46.9 Å². The molecule has 11 heteroatoms. The molecule has 0 fully saturated rings. The summed E-state index contributed by atoms with van der Waals surface area (Å²) in [5.41, 5.74) is 0.779. The van der Waals surface area contributed by atoms with Gasteiger partial charge in [-0.1, -0.05) is 28.1 Å². The smallest absolute Gasteiger partial charge is 0.242 e. The van der Waals surface area contributed by atoms with Crippen molar-refractivity contribution in [1.29, 1.82) is 0 Å². The number of hydrogen-bond acceptors (Lipinski definition) is 4. The summed E-state index contributed by atoms with van der Waals surface area (Å²) in [5, 5.41) is 2.53. The van der Waals surface area contributed by atoms with Gasteiger partial charge in [0.2, 0.25) is 21.8 Å². The summed E-state index contributed by atoms with van der Waals surface area (Å²) in [6.45, 7) is 1.68. The Morgan fingerprint density at radius 1 is 1.12 bits per heavy atom. The van der Waals surface area contributed by atoms with E-state index in [1.54, 1.807) is 6.92 Å². The second kappa shape index (κ2) is 11.6. The normalized spacial score (nSPS) is 12.2. The minimum Gasteiger partial charge on any atom is -0.357 e. The molecule has 0 saturated carbocycles. The number of hydrogen-bond donors (Lipinski definition) is 1. The van der Waals surface area contributed by atoms with Gasteiger partial charge in [0.25, 0.3) is 0 Å². The average molecular weight is 546 g/mol. The summed E-state index contributed by atoms with van der Waals surface area (Å²) in [6, 6.07) is 9.38. The predicted octanol–water partition coefficient (Wildman–Crippen LogP) is 3.44. The Labute approximate surface area is 200 Å². The fourth-order valence-corrected chi connectivity index (χ4v) is 4.67. The molecule has 0 aliphatic carbocycles. The molecule has 2 aromatic carbocycles. The van der Waals surface area contributed by atoms with Gasteiger partial charge in [-0.2, -0.15) is 0 Å². The van der Waals surface area contributed by atoms with Gasteiger partial charge in [-0.05, 0) is 43.2 Å². The fraction of sp³-hybridized carbons (Fsp3) is 0.364. The molecule has 7 nitrogen and oxygen atoms in total. The number of sulfonamides is 1. The van der Waals surface area contributed by atoms with Gasteiger partial charge in [0.15, 0.2) is 11.6 Å². The van der Waals surface area contributed by atoms with E-state index in [4.69, 9.17) is 0 Å². The molecule has 2 aromatic rings. The number of nitrogens with zero attached hydrogens (tertiary/aromatic N) is 2. The van der Waals surface area contributed by atoms with Gasteiger partial charge < -0.3 is 10.2 Å². The summed E-state index contributed by atoms with van der Waals surface area (Å²) in [5.74, 6) is -2.94. The van der Waals surface area contributed by atoms with Crippen LogP contribution in [0.2, 0.25) is 0 Å². The molecule has 33 heavy (non-hydrogen) atoms. The zero-order chi connectivity index (χ0) is 24.8. The van der Waals surface area contributed by atoms with E-state index in [9.17, 15) is 26.8 Å². The van der Waals surface area contributed by atoms with Gasteiger partial charge in [-0.3, -0.25) is 13.9 Å². The largest absolute Gasteiger partial charge is 0.357 e. The van der Waals surface area contributed by atoms with Crippen LogP contribution in [0.4, 0.5) is 14.5 Å². The second-order valence-corrected chi connectivity index (χ2v) is 10.3. The maximum absolute atomic E-state index is 13.6. The van der Waals surface area contributed by atoms with Crippen molar-refractivity contribution in [2.24, 2.45) is 0 Å². The first-order valence-corrected chi connectivity index (χ1v) is 12.8. The Hall–Kier alpha value is -2.53. The predicted molar refractivity (Wildman–Crippen MR) is 126 cm³/mol. The molecule has 0 saturated heterocycles. The van der Waals surface area contributed by atoms with Crippen LogP contribution in [0.1, 0.15) is 25.3 Å². The number of amides is 2. The quantitative estimate of drug-likeness (QED) is 0.495. The van der Waals surface area contributed by atoms with Crippen LogP contribution < -0.4 is 9.62 Å². The first-order chi connectivity index (χ1) is 15.4. The highest BCUT2D eigenvalue weighted by molar-refractivity contribution is 9.10. The third kappa shape index (κ3) is 7.50. The molecule has 0 spiro atoms. The lowest BCUT2D eigenvalue weighted by Gasteiger charge is -2.29. The van der Waals surface area contributed by atoms with E-state index in [1.165, 1.54) is 11.9 Å². The highest BCUT2D eigenvalue weighted by Crippen LogP contribution is 2.22. The molecule has 0 unspecified atom stereocenters. The van der Waals surface area contributed by atoms with Crippen LogP contribution in [0.3, 0.4) is 0 Å². The standard InChI is InChI=1S/C22H26BrF2N3O4S/c1-15(22(30)26-2)27(14-16-6-4-7-17(23)12-16)21(29)8-5-11-28(33(3,31)32)18-9-10-19(24)20(25)13-18/h4,6-7,9-10,12-13,15H,5,8,11,14H2,1-3H3,(H,26,30)/t15-/m0/s1. The molecule has 1 atom stereocenters. The molecule has 0 bridgehead atoms. The minimum atomic E-state index is -3.80. The van der Waals surface area contributed by atoms with Crippen LogP contribution in [-0.2, 0) is 26.2 Å². The average Bonchev–Trinajstić information content (AvgIpc) is 2.75. The number of carbonyl (C=O) groups is 2. The maximum atomic E-state index is 13.6. The van der Waals surface area contributed by atoms with Crippen LogP contribution in [-0.4, -0.2) is 51.0 Å². The second-order valence-electron chi connectivity index (χ2n) is 7.48. The summed E-state index contributed by atoms with van der Waals surface area (Å²) in [4.78, 5) is 26.6. The van der Waals surface area contributed by atoms with Gasteiger partial charge in [0.1, 0.15) is 6.04 Å². The summed E-state index contributed by atoms with van der Waals surface area (Å²) >= 11 is 3.38. The molecule has 1 N–H and O–H groups in total. The fourth-order valence-electron chi connectivity index (χ4n) is 3.27. The molecule has 180 valence electrons. The Balaban J connectivity index is 2.16. The van der Waals surface area contributed by atoms with Crippen molar-refractivity contribution in [3.05, 3.63) is 64.1 Å². The Bertz CT molecular complexity index is 1110. The van der Waals surface area contributed by atoms with Crippen LogP contribution in [0.5, 0.6) is 0 Å². The Morgan fingerprint density at radius 2 is 1.82 bits per heavy atom. The number of nitrogens with one attached hydrogen (secondary N) is 1. The van der Waals surface area contributed by atoms with Gasteiger partial charge in [0.05, 0.1) is 11.9 Å². The monoisotopic (exact) mass is 545 g/mol. The Kier molecular flexibility index (Phi) is 9.35. The lowest BCUT2D eigenvalue weighted by Crippen LogP contribution is -2.46. The van der Waals surface area contributed by atoms with Crippen molar-refractivity contribution in [2.75, 3.05) is 24.2 Å². The summed E-state index contributed by atoms with van der Waals surface area (Å²) in [7, 11) is -2.32. The number of halogens is 3. The molecular weight excluding hydrogens is 520 g/mol. The zero-order valence-electron chi connectivity index (χ0n) is 18.5. The van der Waals surface area contributed by atoms with E-state index < -0.39 is 27.7 Å². The van der Waals surface area contributed by atoms with E-state index in [1.807, 2.05) is 24.3 Å². The van der Waals surface area contributed by atoms with E-state index in [-0.39, 0.29) is 43.4 Å². The number of carbonyl (C=O) groups excluding carboxylic acids is 2. The molecule has 0 aromatic heterocycles. The first kappa shape index (κ1) is 26.7. The van der Waals surface area contributed by atoms with Crippen molar-refractivity contribution in [3.63, 3.8) is 0 Å². The molecule has 0 aliphatic heterocycles. The highest BCUT2D eigenvalue weighted by Gasteiger charge is 2.26. The topological polar surface area (TPSA) is 86.8 Å². The van der Waals surface area contributed by atoms with Crippen LogP contribution in [0, 0.1) is 11.6 Å². The van der Waals surface area contributed by atoms with E-state index >= 15 is 0 Å². The van der Waals surface area contributed by atoms with Crippen molar-refractivity contribution in [1.82, 2.24) is 10.2 Å². The van der Waals surface area contributed by atoms with Gasteiger partial charge in [-0.25, -0.2) is 17.2 Å². The van der Waals surface area contributed by atoms with E-state index in [0.29, 0.717) is 0 Å². The van der Waals surface area contributed by atoms with E-state index in [2.05, 4.69) is 21.2 Å². The van der Waals surface area contributed by atoms with E-state index in [0.717, 1.165) is 38.8 Å². The lowest BCUT2D eigenvalue weighted by molar-refractivity contribution is -0.140. The van der Waals surface area contributed by atoms with Gasteiger partial charge in [-0.15, -0.1) is 0 Å². The van der Waals surface area contributed by atoms with Gasteiger partial charge in [0, 0.05) is 37.1 Å². The number of benzene rings is 2. The third-order valence-electron chi connectivity index (χ3n) is 5.00. The minimum absolute atomic E-state index is 0.0337. The molecule has 0 heterocycles. The Morgan fingerprint density at radius 3 is 2.39 bits per heavy atom. The number of likely N-dealkylation sites (N-methyl/N-ethyl adjacent to an activating group) is 1. The molecule has 0 aliphatic rings. The molecule has 0 radical (unpaired) electrons. The van der Waals surface area contributed by atoms with Crippen molar-refractivity contribution >= 4 is 43.5 Å². The highest BCUT2D eigenvalue weighted by atomic mass is 79.9. The summed E-state index contributed by atoms with van der Waals surface area (Å²) < 4.78 is 53.0.